The Balaban J connectivity index is 2.18. The van der Waals surface area contributed by atoms with Crippen LogP contribution in [-0.2, 0) is 11.3 Å². The molecule has 0 radical (unpaired) electrons. The highest BCUT2D eigenvalue weighted by molar-refractivity contribution is 7.15. The van der Waals surface area contributed by atoms with Gasteiger partial charge in [-0.15, -0.1) is 10.2 Å². The second kappa shape index (κ2) is 5.93. The minimum absolute atomic E-state index is 0.575. The van der Waals surface area contributed by atoms with Crippen LogP contribution in [0.25, 0.3) is 0 Å². The third-order valence-electron chi connectivity index (χ3n) is 1.75. The molecule has 0 unspecified atom stereocenters. The Morgan fingerprint density at radius 1 is 1.43 bits per heavy atom. The molecule has 0 aromatic carbocycles. The van der Waals surface area contributed by atoms with E-state index in [1.807, 2.05) is 7.05 Å². The summed E-state index contributed by atoms with van der Waals surface area (Å²) in [5.41, 5.74) is 0. The first kappa shape index (κ1) is 11.4. The molecule has 14 heavy (non-hydrogen) atoms. The Labute approximate surface area is 88.7 Å². The molecule has 4 nitrogen and oxygen atoms in total. The van der Waals surface area contributed by atoms with Crippen molar-refractivity contribution in [2.75, 3.05) is 19.0 Å². The number of nitrogens with one attached hydrogen (secondary N) is 1. The van der Waals surface area contributed by atoms with Gasteiger partial charge in [-0.1, -0.05) is 25.2 Å². The first-order chi connectivity index (χ1) is 6.72. The quantitative estimate of drug-likeness (QED) is 0.739. The van der Waals surface area contributed by atoms with E-state index >= 15 is 0 Å². The van der Waals surface area contributed by atoms with Crippen LogP contribution in [0.4, 0.5) is 5.13 Å². The van der Waals surface area contributed by atoms with E-state index in [0.717, 1.165) is 23.2 Å². The molecule has 80 valence electrons. The Kier molecular flexibility index (Phi) is 4.82. The predicted octanol–water partition coefficient (Wildman–Crippen LogP) is 2.14. The van der Waals surface area contributed by atoms with Gasteiger partial charge in [0.2, 0.25) is 5.13 Å². The smallest absolute Gasteiger partial charge is 0.205 e. The van der Waals surface area contributed by atoms with Crippen LogP contribution < -0.4 is 5.32 Å². The number of anilines is 1. The molecular weight excluding hydrogens is 198 g/mol. The van der Waals surface area contributed by atoms with Crippen LogP contribution in [-0.4, -0.2) is 23.9 Å². The molecule has 1 aromatic rings. The highest BCUT2D eigenvalue weighted by Crippen LogP contribution is 2.15. The van der Waals surface area contributed by atoms with Gasteiger partial charge in [0.15, 0.2) is 0 Å². The zero-order valence-electron chi connectivity index (χ0n) is 8.91. The maximum absolute atomic E-state index is 5.47. The Hall–Kier alpha value is -0.680. The fourth-order valence-corrected chi connectivity index (χ4v) is 1.52. The molecule has 1 rings (SSSR count). The van der Waals surface area contributed by atoms with Crippen LogP contribution in [0, 0.1) is 5.92 Å². The summed E-state index contributed by atoms with van der Waals surface area (Å²) in [5.74, 6) is 0.692. The van der Waals surface area contributed by atoms with Crippen LogP contribution in [0.15, 0.2) is 0 Å². The lowest BCUT2D eigenvalue weighted by molar-refractivity contribution is 0.110. The molecule has 0 aliphatic heterocycles. The van der Waals surface area contributed by atoms with Crippen molar-refractivity contribution in [3.8, 4) is 0 Å². The van der Waals surface area contributed by atoms with E-state index in [4.69, 9.17) is 4.74 Å². The van der Waals surface area contributed by atoms with Gasteiger partial charge in [-0.05, 0) is 12.3 Å². The van der Waals surface area contributed by atoms with Gasteiger partial charge in [0, 0.05) is 13.7 Å². The van der Waals surface area contributed by atoms with Crippen LogP contribution in [0.5, 0.6) is 0 Å². The zero-order valence-corrected chi connectivity index (χ0v) is 9.73. The average Bonchev–Trinajstić information content (AvgIpc) is 2.60. The summed E-state index contributed by atoms with van der Waals surface area (Å²) in [6.45, 7) is 5.75. The second-order valence-corrected chi connectivity index (χ2v) is 4.55. The highest BCUT2D eigenvalue weighted by Gasteiger charge is 2.02. The van der Waals surface area contributed by atoms with Crippen LogP contribution >= 0.6 is 11.3 Å². The molecule has 0 aliphatic rings. The van der Waals surface area contributed by atoms with Crippen molar-refractivity contribution in [3.05, 3.63) is 5.01 Å². The summed E-state index contributed by atoms with van der Waals surface area (Å²) < 4.78 is 5.47. The van der Waals surface area contributed by atoms with Crippen molar-refractivity contribution < 1.29 is 4.74 Å². The normalized spacial score (nSPS) is 10.9. The van der Waals surface area contributed by atoms with Crippen LogP contribution in [0.2, 0.25) is 0 Å². The zero-order chi connectivity index (χ0) is 10.4. The number of hydrogen-bond donors (Lipinski definition) is 1. The Morgan fingerprint density at radius 3 is 2.79 bits per heavy atom. The van der Waals surface area contributed by atoms with Crippen molar-refractivity contribution in [1.82, 2.24) is 10.2 Å². The van der Waals surface area contributed by atoms with Gasteiger partial charge >= 0.3 is 0 Å². The molecule has 0 saturated heterocycles. The van der Waals surface area contributed by atoms with E-state index < -0.39 is 0 Å². The molecule has 0 spiro atoms. The standard InChI is InChI=1S/C9H17N3OS/c1-7(2)4-5-13-6-8-11-12-9(10-3)14-8/h7H,4-6H2,1-3H3,(H,10,12). The van der Waals surface area contributed by atoms with Gasteiger partial charge in [0.1, 0.15) is 11.6 Å². The first-order valence-electron chi connectivity index (χ1n) is 4.80. The SMILES string of the molecule is CNc1nnc(COCCC(C)C)s1. The van der Waals surface area contributed by atoms with Crippen molar-refractivity contribution >= 4 is 16.5 Å². The number of hydrogen-bond acceptors (Lipinski definition) is 5. The van der Waals surface area contributed by atoms with Gasteiger partial charge in [0.05, 0.1) is 0 Å². The molecule has 0 fully saturated rings. The van der Waals surface area contributed by atoms with E-state index in [0.29, 0.717) is 12.5 Å². The van der Waals surface area contributed by atoms with Crippen LogP contribution in [0.3, 0.4) is 0 Å². The molecule has 1 heterocycles. The summed E-state index contributed by atoms with van der Waals surface area (Å²) in [5, 5.41) is 12.6. The maximum atomic E-state index is 5.47. The first-order valence-corrected chi connectivity index (χ1v) is 5.62. The van der Waals surface area contributed by atoms with Gasteiger partial charge in [-0.25, -0.2) is 0 Å². The molecule has 5 heteroatoms. The summed E-state index contributed by atoms with van der Waals surface area (Å²) in [6, 6.07) is 0. The largest absolute Gasteiger partial charge is 0.374 e. The monoisotopic (exact) mass is 215 g/mol. The fourth-order valence-electron chi connectivity index (χ4n) is 0.891. The molecular formula is C9H17N3OS. The highest BCUT2D eigenvalue weighted by atomic mass is 32.1. The number of rotatable bonds is 6. The molecule has 0 saturated carbocycles. The summed E-state index contributed by atoms with van der Waals surface area (Å²) in [7, 11) is 1.84. The van der Waals surface area contributed by atoms with Crippen molar-refractivity contribution in [3.63, 3.8) is 0 Å². The van der Waals surface area contributed by atoms with E-state index in [9.17, 15) is 0 Å². The van der Waals surface area contributed by atoms with Crippen molar-refractivity contribution in [1.29, 1.82) is 0 Å². The molecule has 0 aliphatic carbocycles. The Bertz CT molecular complexity index is 262. The lowest BCUT2D eigenvalue weighted by atomic mass is 10.1. The topological polar surface area (TPSA) is 47.0 Å². The van der Waals surface area contributed by atoms with Gasteiger partial charge < -0.3 is 10.1 Å². The molecule has 1 N–H and O–H groups in total. The number of nitrogens with zero attached hydrogens (tertiary/aromatic N) is 2. The summed E-state index contributed by atoms with van der Waals surface area (Å²) in [6.07, 6.45) is 1.09. The number of ether oxygens (including phenoxy) is 1. The van der Waals surface area contributed by atoms with E-state index in [-0.39, 0.29) is 0 Å². The molecule has 0 bridgehead atoms. The van der Waals surface area contributed by atoms with Crippen LogP contribution in [0.1, 0.15) is 25.3 Å². The van der Waals surface area contributed by atoms with Gasteiger partial charge in [0.25, 0.3) is 0 Å². The lowest BCUT2D eigenvalue weighted by Gasteiger charge is -2.03. The maximum Gasteiger partial charge on any atom is 0.205 e. The van der Waals surface area contributed by atoms with Gasteiger partial charge in [-0.2, -0.15) is 0 Å². The fraction of sp³-hybridized carbons (Fsp3) is 0.778. The molecule has 0 atom stereocenters. The van der Waals surface area contributed by atoms with Crippen molar-refractivity contribution in [2.24, 2.45) is 5.92 Å². The third kappa shape index (κ3) is 4.02. The van der Waals surface area contributed by atoms with E-state index in [1.54, 1.807) is 0 Å². The second-order valence-electron chi connectivity index (χ2n) is 3.49. The minimum atomic E-state index is 0.575. The van der Waals surface area contributed by atoms with Crippen molar-refractivity contribution in [2.45, 2.75) is 26.9 Å². The minimum Gasteiger partial charge on any atom is -0.374 e. The lowest BCUT2D eigenvalue weighted by Crippen LogP contribution is -1.98. The molecule has 1 aromatic heterocycles. The average molecular weight is 215 g/mol. The summed E-state index contributed by atoms with van der Waals surface area (Å²) in [4.78, 5) is 0. The molecule has 0 amide bonds. The van der Waals surface area contributed by atoms with E-state index in [2.05, 4.69) is 29.4 Å². The van der Waals surface area contributed by atoms with Gasteiger partial charge in [-0.3, -0.25) is 0 Å². The Morgan fingerprint density at radius 2 is 2.21 bits per heavy atom. The van der Waals surface area contributed by atoms with E-state index in [1.165, 1.54) is 11.3 Å². The third-order valence-corrected chi connectivity index (χ3v) is 2.66. The number of aromatic nitrogens is 2. The summed E-state index contributed by atoms with van der Waals surface area (Å²) >= 11 is 1.53. The predicted molar refractivity (Wildman–Crippen MR) is 58.6 cm³/mol.